The minimum atomic E-state index is -1.92. The summed E-state index contributed by atoms with van der Waals surface area (Å²) in [5, 5.41) is 19.0. The van der Waals surface area contributed by atoms with Gasteiger partial charge in [-0.2, -0.15) is 0 Å². The maximum atomic E-state index is 12.4. The van der Waals surface area contributed by atoms with Gasteiger partial charge >= 0.3 is 5.97 Å². The normalized spacial score (nSPS) is 16.3. The highest BCUT2D eigenvalue weighted by atomic mass is 19.1. The molecule has 0 radical (unpaired) electrons. The first kappa shape index (κ1) is 9.32. The van der Waals surface area contributed by atoms with Gasteiger partial charge in [-0.3, -0.25) is 0 Å². The van der Waals surface area contributed by atoms with Crippen molar-refractivity contribution >= 4 is 5.97 Å². The van der Waals surface area contributed by atoms with Crippen molar-refractivity contribution in [2.75, 3.05) is 13.6 Å². The Bertz CT molecular complexity index is 119. The quantitative estimate of drug-likeness (QED) is 0.481. The average molecular weight is 151 g/mol. The van der Waals surface area contributed by atoms with E-state index in [2.05, 4.69) is 5.32 Å². The van der Waals surface area contributed by atoms with E-state index in [1.807, 2.05) is 0 Å². The minimum absolute atomic E-state index is 0.159. The van der Waals surface area contributed by atoms with E-state index < -0.39 is 18.2 Å². The summed E-state index contributed by atoms with van der Waals surface area (Å²) in [5.41, 5.74) is 0. The smallest absolute Gasteiger partial charge is 0.335 e. The molecular formula is C5H10FNO3. The summed E-state index contributed by atoms with van der Waals surface area (Å²) in [6, 6.07) is 0. The van der Waals surface area contributed by atoms with Gasteiger partial charge in [0.25, 0.3) is 0 Å². The molecule has 4 nitrogen and oxygen atoms in total. The SMILES string of the molecule is CNC[C@@H](F)[C@H](O)C(=O)O. The molecular weight excluding hydrogens is 141 g/mol. The molecule has 0 saturated heterocycles. The molecule has 0 unspecified atom stereocenters. The molecule has 0 saturated carbocycles. The Morgan fingerprint density at radius 3 is 2.60 bits per heavy atom. The second-order valence-corrected chi connectivity index (χ2v) is 1.86. The number of hydrogen-bond acceptors (Lipinski definition) is 3. The summed E-state index contributed by atoms with van der Waals surface area (Å²) >= 11 is 0. The number of aliphatic carboxylic acids is 1. The van der Waals surface area contributed by atoms with Crippen LogP contribution >= 0.6 is 0 Å². The first-order valence-electron chi connectivity index (χ1n) is 2.79. The standard InChI is InChI=1S/C5H10FNO3/c1-7-2-3(6)4(8)5(9)10/h3-4,7-8H,2H2,1H3,(H,9,10)/t3-,4+/m1/s1. The van der Waals surface area contributed by atoms with E-state index >= 15 is 0 Å². The van der Waals surface area contributed by atoms with Crippen LogP contribution in [0.4, 0.5) is 4.39 Å². The molecule has 0 aliphatic heterocycles. The summed E-state index contributed by atoms with van der Waals surface area (Å²) in [5.74, 6) is -1.54. The fraction of sp³-hybridized carbons (Fsp3) is 0.800. The summed E-state index contributed by atoms with van der Waals surface area (Å²) < 4.78 is 12.4. The van der Waals surface area contributed by atoms with E-state index in [9.17, 15) is 9.18 Å². The first-order chi connectivity index (χ1) is 4.59. The number of hydrogen-bond donors (Lipinski definition) is 3. The first-order valence-corrected chi connectivity index (χ1v) is 2.79. The molecule has 0 aromatic heterocycles. The van der Waals surface area contributed by atoms with Crippen molar-refractivity contribution in [3.63, 3.8) is 0 Å². The van der Waals surface area contributed by atoms with Gasteiger partial charge in [0.1, 0.15) is 6.17 Å². The van der Waals surface area contributed by atoms with Crippen LogP contribution in [0.2, 0.25) is 0 Å². The lowest BCUT2D eigenvalue weighted by Crippen LogP contribution is -2.36. The number of carboxylic acids is 1. The van der Waals surface area contributed by atoms with E-state index in [0.717, 1.165) is 0 Å². The van der Waals surface area contributed by atoms with Crippen LogP contribution in [0.15, 0.2) is 0 Å². The number of alkyl halides is 1. The fourth-order valence-corrected chi connectivity index (χ4v) is 0.461. The van der Waals surface area contributed by atoms with Crippen molar-refractivity contribution in [2.24, 2.45) is 0 Å². The molecule has 0 rings (SSSR count). The van der Waals surface area contributed by atoms with Crippen LogP contribution in [-0.2, 0) is 4.79 Å². The summed E-state index contributed by atoms with van der Waals surface area (Å²) in [4.78, 5) is 9.90. The number of halogens is 1. The molecule has 0 aliphatic rings. The van der Waals surface area contributed by atoms with Crippen molar-refractivity contribution in [1.82, 2.24) is 5.32 Å². The Morgan fingerprint density at radius 2 is 2.30 bits per heavy atom. The average Bonchev–Trinajstić information content (AvgIpc) is 1.87. The van der Waals surface area contributed by atoms with Crippen molar-refractivity contribution in [2.45, 2.75) is 12.3 Å². The lowest BCUT2D eigenvalue weighted by Gasteiger charge is -2.09. The molecule has 0 spiro atoms. The Balaban J connectivity index is 3.69. The molecule has 3 N–H and O–H groups in total. The van der Waals surface area contributed by atoms with E-state index in [-0.39, 0.29) is 6.54 Å². The summed E-state index contributed by atoms with van der Waals surface area (Å²) in [7, 11) is 1.47. The van der Waals surface area contributed by atoms with Gasteiger partial charge in [0.2, 0.25) is 0 Å². The molecule has 10 heavy (non-hydrogen) atoms. The zero-order valence-electron chi connectivity index (χ0n) is 5.54. The van der Waals surface area contributed by atoms with Gasteiger partial charge in [0.05, 0.1) is 0 Å². The van der Waals surface area contributed by atoms with Gasteiger partial charge in [0, 0.05) is 6.54 Å². The number of carboxylic acid groups (broad SMARTS) is 1. The zero-order valence-corrected chi connectivity index (χ0v) is 5.54. The highest BCUT2D eigenvalue weighted by Gasteiger charge is 2.24. The Hall–Kier alpha value is -0.680. The second kappa shape index (κ2) is 4.19. The third kappa shape index (κ3) is 2.75. The molecule has 2 atom stereocenters. The van der Waals surface area contributed by atoms with Gasteiger partial charge in [-0.1, -0.05) is 0 Å². The second-order valence-electron chi connectivity index (χ2n) is 1.86. The number of carbonyl (C=O) groups is 1. The number of rotatable bonds is 4. The lowest BCUT2D eigenvalue weighted by atomic mass is 10.2. The molecule has 5 heteroatoms. The van der Waals surface area contributed by atoms with Gasteiger partial charge in [0.15, 0.2) is 6.10 Å². The van der Waals surface area contributed by atoms with Gasteiger partial charge < -0.3 is 15.5 Å². The lowest BCUT2D eigenvalue weighted by molar-refractivity contribution is -0.150. The van der Waals surface area contributed by atoms with Crippen LogP contribution < -0.4 is 5.32 Å². The van der Waals surface area contributed by atoms with Crippen molar-refractivity contribution in [1.29, 1.82) is 0 Å². The van der Waals surface area contributed by atoms with Crippen molar-refractivity contribution < 1.29 is 19.4 Å². The van der Waals surface area contributed by atoms with Crippen LogP contribution in [0.1, 0.15) is 0 Å². The molecule has 0 aromatic carbocycles. The van der Waals surface area contributed by atoms with Gasteiger partial charge in [-0.25, -0.2) is 9.18 Å². The maximum absolute atomic E-state index is 12.4. The molecule has 60 valence electrons. The maximum Gasteiger partial charge on any atom is 0.335 e. The number of aliphatic hydroxyl groups is 1. The molecule has 0 aromatic rings. The van der Waals surface area contributed by atoms with E-state index in [0.29, 0.717) is 0 Å². The van der Waals surface area contributed by atoms with Gasteiger partial charge in [-0.15, -0.1) is 0 Å². The minimum Gasteiger partial charge on any atom is -0.479 e. The predicted molar refractivity (Wildman–Crippen MR) is 32.5 cm³/mol. The van der Waals surface area contributed by atoms with E-state index in [4.69, 9.17) is 10.2 Å². The van der Waals surface area contributed by atoms with Crippen LogP contribution in [-0.4, -0.2) is 42.1 Å². The Labute approximate surface area is 57.7 Å². The largest absolute Gasteiger partial charge is 0.479 e. The van der Waals surface area contributed by atoms with E-state index in [1.54, 1.807) is 0 Å². The third-order valence-electron chi connectivity index (χ3n) is 0.995. The molecule has 0 fully saturated rings. The Kier molecular flexibility index (Phi) is 3.90. The Morgan fingerprint density at radius 1 is 1.80 bits per heavy atom. The predicted octanol–water partition coefficient (Wildman–Crippen LogP) is -1.01. The van der Waals surface area contributed by atoms with E-state index in [1.165, 1.54) is 7.05 Å². The van der Waals surface area contributed by atoms with Crippen LogP contribution in [0.5, 0.6) is 0 Å². The molecule has 0 aliphatic carbocycles. The topological polar surface area (TPSA) is 69.6 Å². The van der Waals surface area contributed by atoms with Crippen molar-refractivity contribution in [3.8, 4) is 0 Å². The molecule has 0 bridgehead atoms. The molecule has 0 amide bonds. The summed E-state index contributed by atoms with van der Waals surface area (Å²) in [6.45, 7) is -0.159. The van der Waals surface area contributed by atoms with Crippen molar-refractivity contribution in [3.05, 3.63) is 0 Å². The highest BCUT2D eigenvalue weighted by molar-refractivity contribution is 5.72. The molecule has 0 heterocycles. The van der Waals surface area contributed by atoms with Crippen LogP contribution in [0.3, 0.4) is 0 Å². The fourth-order valence-electron chi connectivity index (χ4n) is 0.461. The number of aliphatic hydroxyl groups excluding tert-OH is 1. The monoisotopic (exact) mass is 151 g/mol. The van der Waals surface area contributed by atoms with Crippen LogP contribution in [0, 0.1) is 0 Å². The van der Waals surface area contributed by atoms with Gasteiger partial charge in [-0.05, 0) is 7.05 Å². The highest BCUT2D eigenvalue weighted by Crippen LogP contribution is 1.96. The summed E-state index contributed by atoms with van der Waals surface area (Å²) in [6.07, 6.45) is -3.67. The number of nitrogens with one attached hydrogen (secondary N) is 1. The van der Waals surface area contributed by atoms with Crippen LogP contribution in [0.25, 0.3) is 0 Å². The zero-order chi connectivity index (χ0) is 8.15. The third-order valence-corrected chi connectivity index (χ3v) is 0.995.